The number of anilines is 2. The smallest absolute Gasteiger partial charge is 0.348 e. The Morgan fingerprint density at radius 1 is 0.975 bits per heavy atom. The van der Waals surface area contributed by atoms with E-state index in [1.54, 1.807) is 36.8 Å². The molecule has 0 aliphatic carbocycles. The van der Waals surface area contributed by atoms with Crippen molar-refractivity contribution in [2.75, 3.05) is 30.9 Å². The molecular weight excluding hydrogens is 544 g/mol. The van der Waals surface area contributed by atoms with Crippen molar-refractivity contribution in [3.63, 3.8) is 0 Å². The van der Waals surface area contributed by atoms with Gasteiger partial charge in [-0.15, -0.1) is 0 Å². The lowest BCUT2D eigenvalue weighted by Crippen LogP contribution is -2.37. The molecule has 3 aromatic rings. The standard InChI is InChI=1S/C27H27ClN4O8/c1-30-22(7-8-23(29)33)27(37)40-26(36)20-12-18(28)5-6-21(20)32-25(35)15-39-14-24(34)31-19-4-2-3-16(11-19)17-9-10-38-13-17/h2-6,9-13,22,30H,7-8,14-15H2,1H3,(H2,29,33)(H,31,34)(H,32,35)/t22-/m1/s1. The van der Waals surface area contributed by atoms with Gasteiger partial charge in [0.2, 0.25) is 17.7 Å². The number of ether oxygens (including phenoxy) is 2. The number of hydrogen-bond donors (Lipinski definition) is 4. The van der Waals surface area contributed by atoms with E-state index in [0.29, 0.717) is 5.69 Å². The minimum Gasteiger partial charge on any atom is -0.472 e. The first-order valence-corrected chi connectivity index (χ1v) is 12.3. The van der Waals surface area contributed by atoms with Gasteiger partial charge in [0.1, 0.15) is 19.3 Å². The summed E-state index contributed by atoms with van der Waals surface area (Å²) in [5, 5.41) is 7.95. The van der Waals surface area contributed by atoms with Crippen LogP contribution in [-0.4, -0.2) is 56.0 Å². The first kappa shape index (κ1) is 30.0. The zero-order chi connectivity index (χ0) is 29.1. The third-order valence-electron chi connectivity index (χ3n) is 5.45. The van der Waals surface area contributed by atoms with E-state index in [2.05, 4.69) is 16.0 Å². The molecule has 0 spiro atoms. The molecule has 1 atom stereocenters. The predicted molar refractivity (Wildman–Crippen MR) is 145 cm³/mol. The number of nitrogens with one attached hydrogen (secondary N) is 3. The molecule has 3 rings (SSSR count). The van der Waals surface area contributed by atoms with Crippen LogP contribution in [0.15, 0.2) is 65.5 Å². The van der Waals surface area contributed by atoms with Gasteiger partial charge in [-0.25, -0.2) is 9.59 Å². The van der Waals surface area contributed by atoms with Gasteiger partial charge >= 0.3 is 11.9 Å². The number of carbonyl (C=O) groups is 5. The molecule has 0 unspecified atom stereocenters. The number of benzene rings is 2. The first-order chi connectivity index (χ1) is 19.2. The van der Waals surface area contributed by atoms with Crippen LogP contribution in [0.2, 0.25) is 5.02 Å². The fourth-order valence-corrected chi connectivity index (χ4v) is 3.68. The largest absolute Gasteiger partial charge is 0.472 e. The van der Waals surface area contributed by atoms with E-state index in [1.165, 1.54) is 25.2 Å². The molecule has 3 amide bonds. The molecule has 210 valence electrons. The van der Waals surface area contributed by atoms with Crippen molar-refractivity contribution in [2.24, 2.45) is 5.73 Å². The lowest BCUT2D eigenvalue weighted by atomic mass is 10.1. The summed E-state index contributed by atoms with van der Waals surface area (Å²) in [6.45, 7) is -0.919. The monoisotopic (exact) mass is 570 g/mol. The highest BCUT2D eigenvalue weighted by Gasteiger charge is 2.24. The van der Waals surface area contributed by atoms with Crippen LogP contribution in [0.5, 0.6) is 0 Å². The Kier molecular flexibility index (Phi) is 10.9. The van der Waals surface area contributed by atoms with Gasteiger partial charge < -0.3 is 35.6 Å². The van der Waals surface area contributed by atoms with Crippen molar-refractivity contribution in [2.45, 2.75) is 18.9 Å². The van der Waals surface area contributed by atoms with Crippen LogP contribution in [0.4, 0.5) is 11.4 Å². The number of furan rings is 1. The Morgan fingerprint density at radius 2 is 1.73 bits per heavy atom. The van der Waals surface area contributed by atoms with E-state index in [-0.39, 0.29) is 29.1 Å². The minimum absolute atomic E-state index is 0.00876. The lowest BCUT2D eigenvalue weighted by molar-refractivity contribution is -0.140. The maximum Gasteiger partial charge on any atom is 0.348 e. The summed E-state index contributed by atoms with van der Waals surface area (Å²) in [5.74, 6) is -3.77. The average Bonchev–Trinajstić information content (AvgIpc) is 3.45. The van der Waals surface area contributed by atoms with Crippen molar-refractivity contribution < 1.29 is 37.9 Å². The number of amides is 3. The number of halogens is 1. The van der Waals surface area contributed by atoms with Crippen LogP contribution in [0.25, 0.3) is 11.1 Å². The summed E-state index contributed by atoms with van der Waals surface area (Å²) in [7, 11) is 1.46. The summed E-state index contributed by atoms with van der Waals surface area (Å²) in [4.78, 5) is 60.8. The fraction of sp³-hybridized carbons (Fsp3) is 0.222. The number of likely N-dealkylation sites (N-methyl/N-ethyl adjacent to an activating group) is 1. The zero-order valence-corrected chi connectivity index (χ0v) is 22.2. The zero-order valence-electron chi connectivity index (χ0n) is 21.4. The molecule has 12 nitrogen and oxygen atoms in total. The Bertz CT molecular complexity index is 1380. The Hall–Kier alpha value is -4.52. The highest BCUT2D eigenvalue weighted by molar-refractivity contribution is 6.31. The van der Waals surface area contributed by atoms with Gasteiger partial charge in [0, 0.05) is 22.7 Å². The number of nitrogens with two attached hydrogens (primary N) is 1. The molecule has 40 heavy (non-hydrogen) atoms. The second kappa shape index (κ2) is 14.6. The van der Waals surface area contributed by atoms with Crippen LogP contribution in [-0.2, 0) is 28.7 Å². The van der Waals surface area contributed by atoms with Crippen LogP contribution >= 0.6 is 11.6 Å². The molecular formula is C27H27ClN4O8. The summed E-state index contributed by atoms with van der Waals surface area (Å²) < 4.78 is 15.2. The average molecular weight is 571 g/mol. The molecule has 0 saturated carbocycles. The van der Waals surface area contributed by atoms with Crippen LogP contribution < -0.4 is 21.7 Å². The first-order valence-electron chi connectivity index (χ1n) is 12.0. The lowest BCUT2D eigenvalue weighted by Gasteiger charge is -2.15. The van der Waals surface area contributed by atoms with Crippen molar-refractivity contribution in [1.29, 1.82) is 0 Å². The van der Waals surface area contributed by atoms with Crippen LogP contribution in [0.3, 0.4) is 0 Å². The van der Waals surface area contributed by atoms with Crippen LogP contribution in [0.1, 0.15) is 23.2 Å². The molecule has 0 saturated heterocycles. The van der Waals surface area contributed by atoms with Gasteiger partial charge in [-0.2, -0.15) is 0 Å². The van der Waals surface area contributed by atoms with E-state index >= 15 is 0 Å². The van der Waals surface area contributed by atoms with Gasteiger partial charge in [0.15, 0.2) is 0 Å². The quantitative estimate of drug-likeness (QED) is 0.177. The number of hydrogen-bond acceptors (Lipinski definition) is 9. The molecule has 0 fully saturated rings. The summed E-state index contributed by atoms with van der Waals surface area (Å²) in [5.41, 5.74) is 7.15. The minimum atomic E-state index is -1.07. The highest BCUT2D eigenvalue weighted by Crippen LogP contribution is 2.24. The molecule has 0 bridgehead atoms. The Labute approximate surface area is 234 Å². The van der Waals surface area contributed by atoms with Crippen molar-refractivity contribution in [3.8, 4) is 11.1 Å². The normalized spacial score (nSPS) is 11.3. The third-order valence-corrected chi connectivity index (χ3v) is 5.68. The number of primary amides is 1. The predicted octanol–water partition coefficient (Wildman–Crippen LogP) is 2.73. The fourth-order valence-electron chi connectivity index (χ4n) is 3.50. The van der Waals surface area contributed by atoms with Gasteiger partial charge in [0.05, 0.1) is 23.8 Å². The van der Waals surface area contributed by atoms with Gasteiger partial charge in [-0.1, -0.05) is 23.7 Å². The Morgan fingerprint density at radius 3 is 2.40 bits per heavy atom. The highest BCUT2D eigenvalue weighted by atomic mass is 35.5. The van der Waals surface area contributed by atoms with E-state index < -0.39 is 48.9 Å². The second-order valence-electron chi connectivity index (χ2n) is 8.43. The molecule has 13 heteroatoms. The maximum absolute atomic E-state index is 12.7. The van der Waals surface area contributed by atoms with E-state index in [0.717, 1.165) is 11.1 Å². The molecule has 0 aliphatic rings. The van der Waals surface area contributed by atoms with Crippen molar-refractivity contribution in [1.82, 2.24) is 5.32 Å². The molecule has 5 N–H and O–H groups in total. The number of esters is 2. The van der Waals surface area contributed by atoms with Crippen molar-refractivity contribution in [3.05, 3.63) is 71.6 Å². The molecule has 0 radical (unpaired) electrons. The van der Waals surface area contributed by atoms with E-state index in [4.69, 9.17) is 31.2 Å². The van der Waals surface area contributed by atoms with E-state index in [9.17, 15) is 24.0 Å². The molecule has 2 aromatic carbocycles. The van der Waals surface area contributed by atoms with Gasteiger partial charge in [-0.05, 0) is 55.4 Å². The maximum atomic E-state index is 12.7. The summed E-state index contributed by atoms with van der Waals surface area (Å²) in [6.07, 6.45) is 3.06. The topological polar surface area (TPSA) is 179 Å². The SMILES string of the molecule is CN[C@H](CCC(N)=O)C(=O)OC(=O)c1cc(Cl)ccc1NC(=O)COCC(=O)Nc1cccc(-c2ccoc2)c1. The van der Waals surface area contributed by atoms with Gasteiger partial charge in [0.25, 0.3) is 0 Å². The number of rotatable bonds is 13. The molecule has 1 aromatic heterocycles. The third kappa shape index (κ3) is 9.05. The van der Waals surface area contributed by atoms with Crippen LogP contribution in [0, 0.1) is 0 Å². The van der Waals surface area contributed by atoms with Gasteiger partial charge in [-0.3, -0.25) is 14.4 Å². The molecule has 0 aliphatic heterocycles. The van der Waals surface area contributed by atoms with Crippen molar-refractivity contribution >= 4 is 52.6 Å². The number of carbonyl (C=O) groups excluding carboxylic acids is 5. The van der Waals surface area contributed by atoms with E-state index in [1.807, 2.05) is 6.07 Å². The Balaban J connectivity index is 1.52. The second-order valence-corrected chi connectivity index (χ2v) is 8.86. The molecule has 1 heterocycles. The summed E-state index contributed by atoms with van der Waals surface area (Å²) in [6, 6.07) is 11.9. The summed E-state index contributed by atoms with van der Waals surface area (Å²) >= 11 is 5.99.